The SMILES string of the molecule is CCOC(=O)CCc1ccc(C#N)c(OC[C@H](O)C[N+](C)(C)CCc2ccc3c(c2)CCC3)c1.Cl. The van der Waals surface area contributed by atoms with Gasteiger partial charge in [0.25, 0.3) is 0 Å². The highest BCUT2D eigenvalue weighted by atomic mass is 35.5. The number of carbonyl (C=O) groups excluding carboxylic acids is 1. The van der Waals surface area contributed by atoms with Crippen LogP contribution in [0.5, 0.6) is 5.75 Å². The summed E-state index contributed by atoms with van der Waals surface area (Å²) in [5.41, 5.74) is 5.65. The lowest BCUT2D eigenvalue weighted by Crippen LogP contribution is -2.48. The van der Waals surface area contributed by atoms with Crippen molar-refractivity contribution in [2.45, 2.75) is 51.6 Å². The fourth-order valence-electron chi connectivity index (χ4n) is 4.53. The van der Waals surface area contributed by atoms with Gasteiger partial charge in [-0.3, -0.25) is 4.79 Å². The topological polar surface area (TPSA) is 79.6 Å². The van der Waals surface area contributed by atoms with Gasteiger partial charge in [-0.2, -0.15) is 5.26 Å². The van der Waals surface area contributed by atoms with Gasteiger partial charge >= 0.3 is 5.97 Å². The molecule has 0 unspecified atom stereocenters. The monoisotopic (exact) mass is 501 g/mol. The summed E-state index contributed by atoms with van der Waals surface area (Å²) in [6.45, 7) is 3.72. The van der Waals surface area contributed by atoms with E-state index in [0.717, 1.165) is 18.5 Å². The third kappa shape index (κ3) is 8.85. The lowest BCUT2D eigenvalue weighted by molar-refractivity contribution is -0.893. The molecule has 0 amide bonds. The molecular formula is C28H38ClN2O4+. The molecule has 2 aromatic carbocycles. The summed E-state index contributed by atoms with van der Waals surface area (Å²) in [7, 11) is 4.24. The number of hydrogen-bond donors (Lipinski definition) is 1. The van der Waals surface area contributed by atoms with Crippen LogP contribution in [0.25, 0.3) is 0 Å². The van der Waals surface area contributed by atoms with Gasteiger partial charge in [-0.05, 0) is 67.0 Å². The molecule has 0 aliphatic heterocycles. The van der Waals surface area contributed by atoms with E-state index in [0.29, 0.717) is 35.4 Å². The van der Waals surface area contributed by atoms with Crippen LogP contribution in [0.3, 0.4) is 0 Å². The number of benzene rings is 2. The average Bonchev–Trinajstić information content (AvgIpc) is 3.28. The van der Waals surface area contributed by atoms with Crippen LogP contribution in [0, 0.1) is 11.3 Å². The van der Waals surface area contributed by atoms with Crippen molar-refractivity contribution < 1.29 is 23.9 Å². The molecule has 6 nitrogen and oxygen atoms in total. The molecule has 2 aromatic rings. The summed E-state index contributed by atoms with van der Waals surface area (Å²) in [5, 5.41) is 20.1. The molecule has 1 atom stereocenters. The van der Waals surface area contributed by atoms with E-state index in [2.05, 4.69) is 38.4 Å². The largest absolute Gasteiger partial charge is 0.489 e. The van der Waals surface area contributed by atoms with E-state index in [1.54, 1.807) is 19.1 Å². The average molecular weight is 502 g/mol. The number of ether oxygens (including phenoxy) is 2. The van der Waals surface area contributed by atoms with Crippen LogP contribution in [-0.2, 0) is 35.2 Å². The lowest BCUT2D eigenvalue weighted by atomic mass is 10.0. The Hall–Kier alpha value is -2.59. The Kier molecular flexibility index (Phi) is 11.0. The first-order chi connectivity index (χ1) is 16.3. The van der Waals surface area contributed by atoms with Gasteiger partial charge in [-0.25, -0.2) is 0 Å². The minimum absolute atomic E-state index is 0. The Balaban J connectivity index is 0.00000432. The normalized spacial score (nSPS) is 13.3. The molecule has 0 saturated heterocycles. The van der Waals surface area contributed by atoms with E-state index in [-0.39, 0.29) is 31.4 Å². The molecule has 1 aliphatic carbocycles. The van der Waals surface area contributed by atoms with E-state index >= 15 is 0 Å². The molecule has 190 valence electrons. The second-order valence-electron chi connectivity index (χ2n) is 9.76. The van der Waals surface area contributed by atoms with Gasteiger partial charge in [-0.1, -0.05) is 24.3 Å². The maximum Gasteiger partial charge on any atom is 0.306 e. The Bertz CT molecular complexity index is 1030. The Labute approximate surface area is 215 Å². The van der Waals surface area contributed by atoms with Gasteiger partial charge in [0, 0.05) is 12.8 Å². The highest BCUT2D eigenvalue weighted by molar-refractivity contribution is 5.85. The first-order valence-corrected chi connectivity index (χ1v) is 12.2. The van der Waals surface area contributed by atoms with E-state index < -0.39 is 6.10 Å². The van der Waals surface area contributed by atoms with E-state index in [4.69, 9.17) is 9.47 Å². The number of hydrogen-bond acceptors (Lipinski definition) is 5. The summed E-state index contributed by atoms with van der Waals surface area (Å²) in [6, 6.07) is 14.3. The van der Waals surface area contributed by atoms with Crippen molar-refractivity contribution >= 4 is 18.4 Å². The van der Waals surface area contributed by atoms with Crippen molar-refractivity contribution in [2.24, 2.45) is 0 Å². The number of fused-ring (bicyclic) bond motifs is 1. The fraction of sp³-hybridized carbons (Fsp3) is 0.500. The second kappa shape index (κ2) is 13.5. The van der Waals surface area contributed by atoms with Gasteiger partial charge in [0.2, 0.25) is 0 Å². The summed E-state index contributed by atoms with van der Waals surface area (Å²) in [6.07, 6.45) is 4.73. The zero-order valence-electron chi connectivity index (χ0n) is 21.1. The second-order valence-corrected chi connectivity index (χ2v) is 9.76. The fourth-order valence-corrected chi connectivity index (χ4v) is 4.53. The van der Waals surface area contributed by atoms with Crippen molar-refractivity contribution in [2.75, 3.05) is 40.4 Å². The number of halogens is 1. The molecule has 3 rings (SSSR count). The van der Waals surface area contributed by atoms with Gasteiger partial charge in [0.1, 0.15) is 31.1 Å². The summed E-state index contributed by atoms with van der Waals surface area (Å²) >= 11 is 0. The van der Waals surface area contributed by atoms with E-state index in [1.165, 1.54) is 36.0 Å². The van der Waals surface area contributed by atoms with Crippen molar-refractivity contribution in [3.63, 3.8) is 0 Å². The molecular weight excluding hydrogens is 464 g/mol. The molecule has 1 aliphatic rings. The number of likely N-dealkylation sites (N-methyl/N-ethyl adjacent to an activating group) is 1. The Morgan fingerprint density at radius 2 is 1.83 bits per heavy atom. The summed E-state index contributed by atoms with van der Waals surface area (Å²) < 4.78 is 11.5. The smallest absolute Gasteiger partial charge is 0.306 e. The minimum atomic E-state index is -0.662. The summed E-state index contributed by atoms with van der Waals surface area (Å²) in [5.74, 6) is 0.191. The maximum absolute atomic E-state index is 11.6. The number of aliphatic hydroxyl groups is 1. The molecule has 0 fully saturated rings. The molecule has 35 heavy (non-hydrogen) atoms. The van der Waals surface area contributed by atoms with Crippen LogP contribution in [0.1, 0.15) is 47.6 Å². The van der Waals surface area contributed by atoms with Gasteiger partial charge in [0.05, 0.1) is 32.8 Å². The molecule has 0 aromatic heterocycles. The molecule has 0 bridgehead atoms. The number of aryl methyl sites for hydroxylation is 3. The predicted molar refractivity (Wildman–Crippen MR) is 139 cm³/mol. The van der Waals surface area contributed by atoms with E-state index in [9.17, 15) is 15.2 Å². The van der Waals surface area contributed by atoms with Crippen LogP contribution in [0.15, 0.2) is 36.4 Å². The van der Waals surface area contributed by atoms with Crippen LogP contribution in [0.4, 0.5) is 0 Å². The van der Waals surface area contributed by atoms with E-state index in [1.807, 2.05) is 6.07 Å². The van der Waals surface area contributed by atoms with Crippen molar-refractivity contribution in [1.29, 1.82) is 5.26 Å². The molecule has 0 saturated carbocycles. The zero-order valence-corrected chi connectivity index (χ0v) is 21.9. The molecule has 0 spiro atoms. The molecule has 1 N–H and O–H groups in total. The van der Waals surface area contributed by atoms with Crippen LogP contribution in [-0.4, -0.2) is 62.1 Å². The molecule has 0 heterocycles. The molecule has 0 radical (unpaired) electrons. The Morgan fingerprint density at radius 1 is 1.11 bits per heavy atom. The number of quaternary nitrogens is 1. The third-order valence-corrected chi connectivity index (χ3v) is 6.39. The van der Waals surface area contributed by atoms with Crippen LogP contribution >= 0.6 is 12.4 Å². The standard InChI is InChI=1S/C28H37N2O4.ClH/c1-4-33-28(32)13-10-21-9-12-25(18-29)27(17-21)34-20-26(31)19-30(2,3)15-14-22-8-11-23-6-5-7-24(23)16-22;/h8-9,11-12,16-17,26,31H,4-7,10,13-15,19-20H2,1-3H3;1H/q+1;/t26-;/m1./s1. The van der Waals surface area contributed by atoms with Gasteiger partial charge in [-0.15, -0.1) is 12.4 Å². The highest BCUT2D eigenvalue weighted by Crippen LogP contribution is 2.24. The van der Waals surface area contributed by atoms with Crippen molar-refractivity contribution in [1.82, 2.24) is 0 Å². The number of aliphatic hydroxyl groups excluding tert-OH is 1. The van der Waals surface area contributed by atoms with Gasteiger partial charge < -0.3 is 19.1 Å². The zero-order chi connectivity index (χ0) is 24.6. The highest BCUT2D eigenvalue weighted by Gasteiger charge is 2.22. The number of esters is 1. The number of rotatable bonds is 12. The lowest BCUT2D eigenvalue weighted by Gasteiger charge is -2.32. The first kappa shape index (κ1) is 28.6. The van der Waals surface area contributed by atoms with Crippen molar-refractivity contribution in [3.05, 3.63) is 64.2 Å². The molecule has 7 heteroatoms. The van der Waals surface area contributed by atoms with Gasteiger partial charge in [0.15, 0.2) is 0 Å². The number of carbonyl (C=O) groups is 1. The first-order valence-electron chi connectivity index (χ1n) is 12.2. The predicted octanol–water partition coefficient (Wildman–Crippen LogP) is 4.02. The number of nitrogens with zero attached hydrogens (tertiary/aromatic N) is 2. The van der Waals surface area contributed by atoms with Crippen molar-refractivity contribution in [3.8, 4) is 11.8 Å². The number of nitriles is 1. The van der Waals surface area contributed by atoms with Crippen LogP contribution in [0.2, 0.25) is 0 Å². The Morgan fingerprint density at radius 3 is 2.57 bits per heavy atom. The maximum atomic E-state index is 11.6. The minimum Gasteiger partial charge on any atom is -0.489 e. The summed E-state index contributed by atoms with van der Waals surface area (Å²) in [4.78, 5) is 11.6. The van der Waals surface area contributed by atoms with Crippen LogP contribution < -0.4 is 4.74 Å². The third-order valence-electron chi connectivity index (χ3n) is 6.39. The quantitative estimate of drug-likeness (QED) is 0.351.